The summed E-state index contributed by atoms with van der Waals surface area (Å²) in [6.45, 7) is 1.95. The molecule has 1 amide bonds. The van der Waals surface area contributed by atoms with Crippen LogP contribution in [-0.2, 0) is 0 Å². The second kappa shape index (κ2) is 6.31. The van der Waals surface area contributed by atoms with E-state index in [9.17, 15) is 4.79 Å². The predicted octanol–water partition coefficient (Wildman–Crippen LogP) is 3.31. The van der Waals surface area contributed by atoms with Gasteiger partial charge in [-0.1, -0.05) is 12.1 Å². The van der Waals surface area contributed by atoms with Gasteiger partial charge in [-0.05, 0) is 48.9 Å². The molecule has 6 heteroatoms. The Morgan fingerprint density at radius 3 is 2.61 bits per heavy atom. The molecule has 0 bridgehead atoms. The Bertz CT molecular complexity index is 825. The van der Waals surface area contributed by atoms with Crippen LogP contribution in [0.25, 0.3) is 11.5 Å². The summed E-state index contributed by atoms with van der Waals surface area (Å²) in [6.07, 6.45) is 0. The molecule has 0 unspecified atom stereocenters. The standard InChI is InChI=1S/C17H15N3O3/c1-11-4-3-5-13(10-11)18-15(21)17-20-19-16(23-17)12-6-8-14(22-2)9-7-12/h3-10H,1-2H3,(H,18,21). The molecule has 3 rings (SSSR count). The topological polar surface area (TPSA) is 77.2 Å². The van der Waals surface area contributed by atoms with Gasteiger partial charge in [0.2, 0.25) is 5.89 Å². The van der Waals surface area contributed by atoms with Crippen LogP contribution in [0, 0.1) is 6.92 Å². The smallest absolute Gasteiger partial charge is 0.313 e. The maximum atomic E-state index is 12.1. The van der Waals surface area contributed by atoms with Gasteiger partial charge in [-0.2, -0.15) is 0 Å². The molecule has 0 saturated carbocycles. The number of aromatic nitrogens is 2. The van der Waals surface area contributed by atoms with Crippen LogP contribution in [0.15, 0.2) is 52.9 Å². The first-order valence-corrected chi connectivity index (χ1v) is 7.01. The SMILES string of the molecule is COc1ccc(-c2nnc(C(=O)Nc3cccc(C)c3)o2)cc1. The first-order chi connectivity index (χ1) is 11.2. The number of aryl methyl sites for hydroxylation is 1. The van der Waals surface area contributed by atoms with Gasteiger partial charge in [0, 0.05) is 11.3 Å². The molecular weight excluding hydrogens is 294 g/mol. The van der Waals surface area contributed by atoms with Gasteiger partial charge in [-0.15, -0.1) is 10.2 Å². The zero-order valence-electron chi connectivity index (χ0n) is 12.7. The first-order valence-electron chi connectivity index (χ1n) is 7.01. The number of methoxy groups -OCH3 is 1. The van der Waals surface area contributed by atoms with Crippen LogP contribution in [0.5, 0.6) is 5.75 Å². The third-order valence-corrected chi connectivity index (χ3v) is 3.23. The number of carbonyl (C=O) groups excluding carboxylic acids is 1. The van der Waals surface area contributed by atoms with Crippen molar-refractivity contribution in [3.63, 3.8) is 0 Å². The first kappa shape index (κ1) is 14.8. The van der Waals surface area contributed by atoms with E-state index < -0.39 is 5.91 Å². The number of nitrogens with zero attached hydrogens (tertiary/aromatic N) is 2. The summed E-state index contributed by atoms with van der Waals surface area (Å²) >= 11 is 0. The van der Waals surface area contributed by atoms with Gasteiger partial charge in [0.15, 0.2) is 0 Å². The maximum absolute atomic E-state index is 12.1. The fourth-order valence-electron chi connectivity index (χ4n) is 2.07. The van der Waals surface area contributed by atoms with E-state index in [0.29, 0.717) is 11.3 Å². The number of nitrogens with one attached hydrogen (secondary N) is 1. The number of hydrogen-bond donors (Lipinski definition) is 1. The molecule has 1 heterocycles. The van der Waals surface area contributed by atoms with Crippen molar-refractivity contribution in [1.29, 1.82) is 0 Å². The molecule has 2 aromatic carbocycles. The number of ether oxygens (including phenoxy) is 1. The molecule has 116 valence electrons. The van der Waals surface area contributed by atoms with E-state index in [2.05, 4.69) is 15.5 Å². The Morgan fingerprint density at radius 1 is 1.13 bits per heavy atom. The Labute approximate surface area is 133 Å². The largest absolute Gasteiger partial charge is 0.497 e. The van der Waals surface area contributed by atoms with E-state index in [4.69, 9.17) is 9.15 Å². The zero-order chi connectivity index (χ0) is 16.2. The molecule has 0 fully saturated rings. The van der Waals surface area contributed by atoms with Crippen LogP contribution in [0.4, 0.5) is 5.69 Å². The lowest BCUT2D eigenvalue weighted by Gasteiger charge is -2.02. The Balaban J connectivity index is 1.76. The molecular formula is C17H15N3O3. The van der Waals surface area contributed by atoms with Crippen LogP contribution in [-0.4, -0.2) is 23.2 Å². The Morgan fingerprint density at radius 2 is 1.91 bits per heavy atom. The van der Waals surface area contributed by atoms with Crippen LogP contribution in [0.1, 0.15) is 16.2 Å². The summed E-state index contributed by atoms with van der Waals surface area (Å²) in [4.78, 5) is 12.1. The van der Waals surface area contributed by atoms with Crippen molar-refractivity contribution < 1.29 is 13.9 Å². The highest BCUT2D eigenvalue weighted by Crippen LogP contribution is 2.21. The molecule has 1 aromatic heterocycles. The van der Waals surface area contributed by atoms with E-state index in [1.165, 1.54) is 0 Å². The minimum Gasteiger partial charge on any atom is -0.497 e. The Hall–Kier alpha value is -3.15. The van der Waals surface area contributed by atoms with Crippen LogP contribution < -0.4 is 10.1 Å². The number of benzene rings is 2. The maximum Gasteiger partial charge on any atom is 0.313 e. The minimum absolute atomic E-state index is 0.0858. The van der Waals surface area contributed by atoms with Crippen molar-refractivity contribution in [3.05, 3.63) is 60.0 Å². The third-order valence-electron chi connectivity index (χ3n) is 3.23. The van der Waals surface area contributed by atoms with Crippen molar-refractivity contribution in [1.82, 2.24) is 10.2 Å². The summed E-state index contributed by atoms with van der Waals surface area (Å²) < 4.78 is 10.5. The molecule has 23 heavy (non-hydrogen) atoms. The van der Waals surface area contributed by atoms with E-state index >= 15 is 0 Å². The van der Waals surface area contributed by atoms with Gasteiger partial charge in [-0.25, -0.2) is 0 Å². The van der Waals surface area contributed by atoms with Gasteiger partial charge in [0.25, 0.3) is 0 Å². The monoisotopic (exact) mass is 309 g/mol. The summed E-state index contributed by atoms with van der Waals surface area (Å²) in [6, 6.07) is 14.6. The molecule has 1 N–H and O–H groups in total. The van der Waals surface area contributed by atoms with Crippen molar-refractivity contribution in [2.24, 2.45) is 0 Å². The van der Waals surface area contributed by atoms with Gasteiger partial charge in [-0.3, -0.25) is 4.79 Å². The molecule has 6 nitrogen and oxygen atoms in total. The summed E-state index contributed by atoms with van der Waals surface area (Å²) in [7, 11) is 1.59. The third kappa shape index (κ3) is 3.37. The van der Waals surface area contributed by atoms with Gasteiger partial charge < -0.3 is 14.5 Å². The second-order valence-electron chi connectivity index (χ2n) is 4.96. The lowest BCUT2D eigenvalue weighted by atomic mass is 10.2. The fourth-order valence-corrected chi connectivity index (χ4v) is 2.07. The number of amides is 1. The molecule has 0 saturated heterocycles. The lowest BCUT2D eigenvalue weighted by molar-refractivity contribution is 0.0991. The van der Waals surface area contributed by atoms with Crippen LogP contribution >= 0.6 is 0 Å². The van der Waals surface area contributed by atoms with Crippen molar-refractivity contribution in [3.8, 4) is 17.2 Å². The average molecular weight is 309 g/mol. The Kier molecular flexibility index (Phi) is 4.05. The molecule has 0 radical (unpaired) electrons. The number of hydrogen-bond acceptors (Lipinski definition) is 5. The van der Waals surface area contributed by atoms with Gasteiger partial charge in [0.05, 0.1) is 7.11 Å². The second-order valence-corrected chi connectivity index (χ2v) is 4.96. The van der Waals surface area contributed by atoms with Gasteiger partial charge in [0.1, 0.15) is 5.75 Å². The van der Waals surface area contributed by atoms with E-state index in [-0.39, 0.29) is 11.8 Å². The van der Waals surface area contributed by atoms with Crippen LogP contribution in [0.3, 0.4) is 0 Å². The molecule has 0 aliphatic rings. The minimum atomic E-state index is -0.442. The highest BCUT2D eigenvalue weighted by molar-refractivity contribution is 6.00. The highest BCUT2D eigenvalue weighted by atomic mass is 16.5. The fraction of sp³-hybridized carbons (Fsp3) is 0.118. The van der Waals surface area contributed by atoms with Crippen molar-refractivity contribution in [2.45, 2.75) is 6.92 Å². The quantitative estimate of drug-likeness (QED) is 0.800. The van der Waals surface area contributed by atoms with E-state index in [1.807, 2.05) is 25.1 Å². The average Bonchev–Trinajstić information content (AvgIpc) is 3.05. The molecule has 0 aliphatic carbocycles. The molecule has 0 aliphatic heterocycles. The van der Waals surface area contributed by atoms with Crippen molar-refractivity contribution in [2.75, 3.05) is 12.4 Å². The molecule has 0 spiro atoms. The normalized spacial score (nSPS) is 10.3. The molecule has 0 atom stereocenters. The van der Waals surface area contributed by atoms with E-state index in [1.54, 1.807) is 37.4 Å². The van der Waals surface area contributed by atoms with Crippen LogP contribution in [0.2, 0.25) is 0 Å². The zero-order valence-corrected chi connectivity index (χ0v) is 12.7. The lowest BCUT2D eigenvalue weighted by Crippen LogP contribution is -2.12. The summed E-state index contributed by atoms with van der Waals surface area (Å²) in [5.41, 5.74) is 2.44. The number of anilines is 1. The van der Waals surface area contributed by atoms with Crippen molar-refractivity contribution >= 4 is 11.6 Å². The van der Waals surface area contributed by atoms with E-state index in [0.717, 1.165) is 11.3 Å². The number of rotatable bonds is 4. The molecule has 3 aromatic rings. The summed E-state index contributed by atoms with van der Waals surface area (Å²) in [5.74, 6) is 0.480. The summed E-state index contributed by atoms with van der Waals surface area (Å²) in [5, 5.41) is 10.4. The number of carbonyl (C=O) groups is 1. The van der Waals surface area contributed by atoms with Gasteiger partial charge >= 0.3 is 11.8 Å². The highest BCUT2D eigenvalue weighted by Gasteiger charge is 2.16. The predicted molar refractivity (Wildman–Crippen MR) is 85.4 cm³/mol.